The lowest BCUT2D eigenvalue weighted by atomic mass is 9.88. The minimum atomic E-state index is 0.276. The number of Topliss-reactive ketones (excluding diaryl/α,β-unsaturated/α-hetero) is 1. The second kappa shape index (κ2) is 6.28. The van der Waals surface area contributed by atoms with Gasteiger partial charge in [-0.15, -0.1) is 0 Å². The summed E-state index contributed by atoms with van der Waals surface area (Å²) in [4.78, 5) is 14.6. The maximum absolute atomic E-state index is 12.1. The standard InChI is InChI=1S/C17H22ClNO/c18-15-8-2-1-6-13(15)12-19-11-4-3-9-16(19)14-7-5-10-17(14)20/h1-2,6,8,14,16H,3-5,7,9-12H2. The number of carbonyl (C=O) groups excluding carboxylic acids is 1. The van der Waals surface area contributed by atoms with Crippen LogP contribution in [0.3, 0.4) is 0 Å². The number of piperidine rings is 1. The molecule has 2 fully saturated rings. The average Bonchev–Trinajstić information content (AvgIpc) is 2.88. The molecular weight excluding hydrogens is 270 g/mol. The average molecular weight is 292 g/mol. The van der Waals surface area contributed by atoms with Gasteiger partial charge >= 0.3 is 0 Å². The number of carbonyl (C=O) groups is 1. The van der Waals surface area contributed by atoms with E-state index in [0.717, 1.165) is 37.4 Å². The molecule has 1 aliphatic carbocycles. The fourth-order valence-corrected chi connectivity index (χ4v) is 3.96. The van der Waals surface area contributed by atoms with Crippen LogP contribution in [0.1, 0.15) is 44.1 Å². The lowest BCUT2D eigenvalue weighted by molar-refractivity contribution is -0.123. The van der Waals surface area contributed by atoms with Gasteiger partial charge in [0.05, 0.1) is 0 Å². The van der Waals surface area contributed by atoms with E-state index in [1.165, 1.54) is 24.8 Å². The summed E-state index contributed by atoms with van der Waals surface area (Å²) in [6.45, 7) is 1.98. The first kappa shape index (κ1) is 14.1. The molecule has 1 aromatic rings. The first-order chi connectivity index (χ1) is 9.75. The molecule has 0 bridgehead atoms. The van der Waals surface area contributed by atoms with Crippen molar-refractivity contribution in [1.82, 2.24) is 4.90 Å². The van der Waals surface area contributed by atoms with Crippen LogP contribution in [-0.2, 0) is 11.3 Å². The molecule has 0 radical (unpaired) electrons. The first-order valence-electron chi connectivity index (χ1n) is 7.76. The van der Waals surface area contributed by atoms with E-state index in [0.29, 0.717) is 11.8 Å². The van der Waals surface area contributed by atoms with Crippen molar-refractivity contribution in [2.24, 2.45) is 5.92 Å². The molecule has 3 heteroatoms. The van der Waals surface area contributed by atoms with Crippen molar-refractivity contribution in [3.63, 3.8) is 0 Å². The fraction of sp³-hybridized carbons (Fsp3) is 0.588. The second-order valence-electron chi connectivity index (χ2n) is 6.09. The molecule has 2 atom stereocenters. The van der Waals surface area contributed by atoms with E-state index in [4.69, 9.17) is 11.6 Å². The highest BCUT2D eigenvalue weighted by Crippen LogP contribution is 2.34. The molecule has 1 aromatic carbocycles. The highest BCUT2D eigenvalue weighted by atomic mass is 35.5. The van der Waals surface area contributed by atoms with Crippen LogP contribution in [0.25, 0.3) is 0 Å². The lowest BCUT2D eigenvalue weighted by Crippen LogP contribution is -2.44. The van der Waals surface area contributed by atoms with E-state index in [1.807, 2.05) is 18.2 Å². The predicted octanol–water partition coefficient (Wildman–Crippen LogP) is 4.06. The SMILES string of the molecule is O=C1CCCC1C1CCCCN1Cc1ccccc1Cl. The third kappa shape index (κ3) is 2.91. The number of hydrogen-bond acceptors (Lipinski definition) is 2. The van der Waals surface area contributed by atoms with Crippen LogP contribution in [0.5, 0.6) is 0 Å². The van der Waals surface area contributed by atoms with E-state index >= 15 is 0 Å². The summed E-state index contributed by atoms with van der Waals surface area (Å²) < 4.78 is 0. The molecule has 0 amide bonds. The normalized spacial score (nSPS) is 27.9. The van der Waals surface area contributed by atoms with Crippen LogP contribution in [-0.4, -0.2) is 23.3 Å². The zero-order valence-corrected chi connectivity index (χ0v) is 12.6. The molecule has 20 heavy (non-hydrogen) atoms. The molecule has 1 saturated carbocycles. The van der Waals surface area contributed by atoms with Crippen LogP contribution < -0.4 is 0 Å². The van der Waals surface area contributed by atoms with Crippen molar-refractivity contribution in [3.8, 4) is 0 Å². The quantitative estimate of drug-likeness (QED) is 0.837. The Morgan fingerprint density at radius 3 is 2.75 bits per heavy atom. The van der Waals surface area contributed by atoms with E-state index < -0.39 is 0 Å². The molecule has 0 aromatic heterocycles. The van der Waals surface area contributed by atoms with Gasteiger partial charge in [0.15, 0.2) is 0 Å². The molecule has 1 saturated heterocycles. The Morgan fingerprint density at radius 1 is 1.15 bits per heavy atom. The molecular formula is C17H22ClNO. The third-order valence-electron chi connectivity index (χ3n) is 4.81. The topological polar surface area (TPSA) is 20.3 Å². The van der Waals surface area contributed by atoms with Crippen molar-refractivity contribution in [3.05, 3.63) is 34.9 Å². The largest absolute Gasteiger partial charge is 0.299 e. The molecule has 2 aliphatic rings. The van der Waals surface area contributed by atoms with Crippen molar-refractivity contribution in [1.29, 1.82) is 0 Å². The molecule has 0 N–H and O–H groups in total. The van der Waals surface area contributed by atoms with Gasteiger partial charge in [-0.25, -0.2) is 0 Å². The van der Waals surface area contributed by atoms with Crippen molar-refractivity contribution in [2.75, 3.05) is 6.54 Å². The van der Waals surface area contributed by atoms with Gasteiger partial charge in [0.1, 0.15) is 5.78 Å². The molecule has 3 rings (SSSR count). The molecule has 2 unspecified atom stereocenters. The monoisotopic (exact) mass is 291 g/mol. The number of rotatable bonds is 3. The van der Waals surface area contributed by atoms with Gasteiger partial charge in [-0.3, -0.25) is 9.69 Å². The maximum atomic E-state index is 12.1. The van der Waals surface area contributed by atoms with Gasteiger partial charge in [-0.2, -0.15) is 0 Å². The zero-order valence-electron chi connectivity index (χ0n) is 11.9. The van der Waals surface area contributed by atoms with Gasteiger partial charge in [0.2, 0.25) is 0 Å². The summed E-state index contributed by atoms with van der Waals surface area (Å²) in [5.41, 5.74) is 1.19. The highest BCUT2D eigenvalue weighted by molar-refractivity contribution is 6.31. The second-order valence-corrected chi connectivity index (χ2v) is 6.50. The summed E-state index contributed by atoms with van der Waals surface area (Å²) in [7, 11) is 0. The smallest absolute Gasteiger partial charge is 0.137 e. The Hall–Kier alpha value is -0.860. The molecule has 1 heterocycles. The Labute approximate surface area is 126 Å². The lowest BCUT2D eigenvalue weighted by Gasteiger charge is -2.39. The van der Waals surface area contributed by atoms with Crippen LogP contribution >= 0.6 is 11.6 Å². The Morgan fingerprint density at radius 2 is 2.00 bits per heavy atom. The molecule has 0 spiro atoms. The zero-order chi connectivity index (χ0) is 13.9. The highest BCUT2D eigenvalue weighted by Gasteiger charge is 2.36. The number of ketones is 1. The third-order valence-corrected chi connectivity index (χ3v) is 5.18. The summed E-state index contributed by atoms with van der Waals surface area (Å²) >= 11 is 6.29. The fourth-order valence-electron chi connectivity index (χ4n) is 3.76. The summed E-state index contributed by atoms with van der Waals surface area (Å²) in [6.07, 6.45) is 6.62. The number of nitrogens with zero attached hydrogens (tertiary/aromatic N) is 1. The molecule has 2 nitrogen and oxygen atoms in total. The van der Waals surface area contributed by atoms with Gasteiger partial charge in [-0.05, 0) is 43.9 Å². The maximum Gasteiger partial charge on any atom is 0.137 e. The van der Waals surface area contributed by atoms with Crippen LogP contribution in [0.15, 0.2) is 24.3 Å². The van der Waals surface area contributed by atoms with Crippen molar-refractivity contribution in [2.45, 2.75) is 51.1 Å². The van der Waals surface area contributed by atoms with Crippen molar-refractivity contribution < 1.29 is 4.79 Å². The Kier molecular flexibility index (Phi) is 4.42. The molecule has 1 aliphatic heterocycles. The minimum absolute atomic E-state index is 0.276. The summed E-state index contributed by atoms with van der Waals surface area (Å²) in [5, 5.41) is 0.842. The number of benzene rings is 1. The van der Waals surface area contributed by atoms with Crippen molar-refractivity contribution >= 4 is 17.4 Å². The molecule has 108 valence electrons. The number of likely N-dealkylation sites (tertiary alicyclic amines) is 1. The minimum Gasteiger partial charge on any atom is -0.299 e. The first-order valence-corrected chi connectivity index (χ1v) is 8.13. The van der Waals surface area contributed by atoms with Gasteiger partial charge in [0, 0.05) is 29.9 Å². The van der Waals surface area contributed by atoms with Crippen LogP contribution in [0, 0.1) is 5.92 Å². The van der Waals surface area contributed by atoms with Crippen LogP contribution in [0.4, 0.5) is 0 Å². The van der Waals surface area contributed by atoms with Gasteiger partial charge in [0.25, 0.3) is 0 Å². The Balaban J connectivity index is 1.75. The van der Waals surface area contributed by atoms with Gasteiger partial charge in [-0.1, -0.05) is 36.2 Å². The summed E-state index contributed by atoms with van der Waals surface area (Å²) in [6, 6.07) is 8.51. The van der Waals surface area contributed by atoms with E-state index in [9.17, 15) is 4.79 Å². The van der Waals surface area contributed by atoms with E-state index in [2.05, 4.69) is 11.0 Å². The van der Waals surface area contributed by atoms with Gasteiger partial charge < -0.3 is 0 Å². The number of hydrogen-bond donors (Lipinski definition) is 0. The Bertz CT molecular complexity index is 488. The van der Waals surface area contributed by atoms with Crippen LogP contribution in [0.2, 0.25) is 5.02 Å². The summed E-state index contributed by atoms with van der Waals surface area (Å²) in [5.74, 6) is 0.763. The van der Waals surface area contributed by atoms with E-state index in [1.54, 1.807) is 0 Å². The predicted molar refractivity (Wildman–Crippen MR) is 81.8 cm³/mol. The number of halogens is 1. The van der Waals surface area contributed by atoms with E-state index in [-0.39, 0.29) is 5.92 Å².